The molecule has 2 amide bonds. The van der Waals surface area contributed by atoms with E-state index in [0.717, 1.165) is 44.1 Å². The summed E-state index contributed by atoms with van der Waals surface area (Å²) in [6, 6.07) is 9.85. The Hall–Kier alpha value is -2.41. The van der Waals surface area contributed by atoms with Crippen LogP contribution in [0.15, 0.2) is 30.3 Å². The second-order valence-electron chi connectivity index (χ2n) is 9.85. The summed E-state index contributed by atoms with van der Waals surface area (Å²) in [6.07, 6.45) is 7.59. The standard InChI is InChI=1S/C25H32N2O5/c28-21-9-12-24(27(21)31-18-19-7-3-1-4-8-19)13-15-26(16-14-24)23(30)20-17-22(29)32-25(20)10-5-2-6-11-25/h1,3-4,7-8,20H,2,5-6,9-18H2. The molecule has 0 N–H and O–H groups in total. The van der Waals surface area contributed by atoms with E-state index in [-0.39, 0.29) is 35.7 Å². The second kappa shape index (κ2) is 8.50. The van der Waals surface area contributed by atoms with Crippen LogP contribution in [0.1, 0.15) is 69.8 Å². The minimum Gasteiger partial charge on any atom is -0.458 e. The van der Waals surface area contributed by atoms with Gasteiger partial charge in [0, 0.05) is 19.5 Å². The first-order chi connectivity index (χ1) is 15.5. The number of amides is 2. The number of hydrogen-bond donors (Lipinski definition) is 0. The number of carbonyl (C=O) groups is 3. The van der Waals surface area contributed by atoms with E-state index in [1.54, 1.807) is 5.06 Å². The quantitative estimate of drug-likeness (QED) is 0.671. The number of likely N-dealkylation sites (tertiary alicyclic amines) is 1. The molecule has 0 radical (unpaired) electrons. The van der Waals surface area contributed by atoms with Crippen molar-refractivity contribution in [2.45, 2.75) is 82.0 Å². The maximum absolute atomic E-state index is 13.5. The predicted molar refractivity (Wildman–Crippen MR) is 116 cm³/mol. The van der Waals surface area contributed by atoms with Gasteiger partial charge in [-0.05, 0) is 50.5 Å². The highest BCUT2D eigenvalue weighted by atomic mass is 16.7. The zero-order valence-electron chi connectivity index (χ0n) is 18.6. The van der Waals surface area contributed by atoms with Gasteiger partial charge >= 0.3 is 5.97 Å². The van der Waals surface area contributed by atoms with Gasteiger partial charge in [-0.2, -0.15) is 0 Å². The van der Waals surface area contributed by atoms with Crippen LogP contribution >= 0.6 is 0 Å². The molecular weight excluding hydrogens is 408 g/mol. The second-order valence-corrected chi connectivity index (χ2v) is 9.85. The maximum Gasteiger partial charge on any atom is 0.307 e. The van der Waals surface area contributed by atoms with Gasteiger partial charge in [0.05, 0.1) is 17.9 Å². The minimum atomic E-state index is -0.588. The molecular formula is C25H32N2O5. The van der Waals surface area contributed by atoms with Gasteiger partial charge in [-0.15, -0.1) is 0 Å². The van der Waals surface area contributed by atoms with E-state index in [4.69, 9.17) is 9.57 Å². The summed E-state index contributed by atoms with van der Waals surface area (Å²) in [6.45, 7) is 1.52. The Bertz CT molecular complexity index is 872. The molecule has 0 bridgehead atoms. The lowest BCUT2D eigenvalue weighted by molar-refractivity contribution is -0.222. The van der Waals surface area contributed by atoms with Crippen LogP contribution < -0.4 is 0 Å². The highest BCUT2D eigenvalue weighted by Gasteiger charge is 2.55. The molecule has 3 saturated heterocycles. The number of rotatable bonds is 4. The third kappa shape index (κ3) is 3.81. The number of ether oxygens (including phenoxy) is 1. The van der Waals surface area contributed by atoms with E-state index < -0.39 is 5.60 Å². The number of hydroxylamine groups is 2. The number of nitrogens with zero attached hydrogens (tertiary/aromatic N) is 2. The average Bonchev–Trinajstić information content (AvgIpc) is 3.29. The van der Waals surface area contributed by atoms with Gasteiger partial charge in [-0.1, -0.05) is 36.8 Å². The fourth-order valence-corrected chi connectivity index (χ4v) is 6.15. The maximum atomic E-state index is 13.5. The summed E-state index contributed by atoms with van der Waals surface area (Å²) >= 11 is 0. The first-order valence-electron chi connectivity index (χ1n) is 12.0. The summed E-state index contributed by atoms with van der Waals surface area (Å²) < 4.78 is 5.75. The van der Waals surface area contributed by atoms with Gasteiger partial charge in [0.25, 0.3) is 0 Å². The molecule has 7 heteroatoms. The van der Waals surface area contributed by atoms with Crippen LogP contribution in [0.25, 0.3) is 0 Å². The van der Waals surface area contributed by atoms with E-state index in [0.29, 0.717) is 39.0 Å². The summed E-state index contributed by atoms with van der Waals surface area (Å²) in [5, 5.41) is 1.60. The number of benzene rings is 1. The molecule has 4 aliphatic rings. The van der Waals surface area contributed by atoms with Gasteiger partial charge in [0.2, 0.25) is 11.8 Å². The number of carbonyl (C=O) groups excluding carboxylic acids is 3. The van der Waals surface area contributed by atoms with E-state index in [2.05, 4.69) is 0 Å². The Labute approximate surface area is 189 Å². The lowest BCUT2D eigenvalue weighted by Gasteiger charge is -2.45. The van der Waals surface area contributed by atoms with Crippen LogP contribution in [0.3, 0.4) is 0 Å². The van der Waals surface area contributed by atoms with Gasteiger partial charge in [-0.25, -0.2) is 5.06 Å². The zero-order valence-corrected chi connectivity index (χ0v) is 18.6. The van der Waals surface area contributed by atoms with Crippen LogP contribution in [0.4, 0.5) is 0 Å². The van der Waals surface area contributed by atoms with E-state index in [9.17, 15) is 14.4 Å². The van der Waals surface area contributed by atoms with E-state index in [1.165, 1.54) is 0 Å². The van der Waals surface area contributed by atoms with E-state index in [1.807, 2.05) is 35.2 Å². The van der Waals surface area contributed by atoms with Gasteiger partial charge in [-0.3, -0.25) is 19.2 Å². The summed E-state index contributed by atoms with van der Waals surface area (Å²) in [7, 11) is 0. The molecule has 2 spiro atoms. The van der Waals surface area contributed by atoms with Crippen LogP contribution in [0.5, 0.6) is 0 Å². The number of hydrogen-bond acceptors (Lipinski definition) is 5. The van der Waals surface area contributed by atoms with Crippen LogP contribution in [-0.4, -0.2) is 52.0 Å². The normalized spacial score (nSPS) is 26.7. The van der Waals surface area contributed by atoms with Crippen molar-refractivity contribution >= 4 is 17.8 Å². The Kier molecular flexibility index (Phi) is 5.70. The van der Waals surface area contributed by atoms with Crippen molar-refractivity contribution in [3.63, 3.8) is 0 Å². The molecule has 3 aliphatic heterocycles. The molecule has 1 unspecified atom stereocenters. The van der Waals surface area contributed by atoms with Gasteiger partial charge in [0.15, 0.2) is 0 Å². The molecule has 5 rings (SSSR count). The highest BCUT2D eigenvalue weighted by Crippen LogP contribution is 2.46. The lowest BCUT2D eigenvalue weighted by Crippen LogP contribution is -2.56. The summed E-state index contributed by atoms with van der Waals surface area (Å²) in [4.78, 5) is 46.1. The zero-order chi connectivity index (χ0) is 22.2. The Morgan fingerprint density at radius 3 is 2.44 bits per heavy atom. The molecule has 1 aliphatic carbocycles. The van der Waals surface area contributed by atoms with Crippen molar-refractivity contribution in [2.24, 2.45) is 5.92 Å². The Balaban J connectivity index is 1.24. The third-order valence-corrected chi connectivity index (χ3v) is 7.99. The van der Waals surface area contributed by atoms with Crippen LogP contribution in [-0.2, 0) is 30.6 Å². The fourth-order valence-electron chi connectivity index (χ4n) is 6.15. The fraction of sp³-hybridized carbons (Fsp3) is 0.640. The summed E-state index contributed by atoms with van der Waals surface area (Å²) in [5.41, 5.74) is 0.0988. The van der Waals surface area contributed by atoms with Crippen LogP contribution in [0.2, 0.25) is 0 Å². The largest absolute Gasteiger partial charge is 0.458 e. The molecule has 3 heterocycles. The molecule has 1 aromatic carbocycles. The van der Waals surface area contributed by atoms with Crippen molar-refractivity contribution in [1.82, 2.24) is 9.96 Å². The smallest absolute Gasteiger partial charge is 0.307 e. The highest BCUT2D eigenvalue weighted by molar-refractivity contribution is 5.88. The van der Waals surface area contributed by atoms with Crippen molar-refractivity contribution < 1.29 is 24.0 Å². The van der Waals surface area contributed by atoms with Crippen molar-refractivity contribution in [3.05, 3.63) is 35.9 Å². The Morgan fingerprint density at radius 1 is 1.00 bits per heavy atom. The molecule has 32 heavy (non-hydrogen) atoms. The monoisotopic (exact) mass is 440 g/mol. The first-order valence-corrected chi connectivity index (χ1v) is 12.0. The first kappa shape index (κ1) is 21.4. The van der Waals surface area contributed by atoms with Crippen LogP contribution in [0, 0.1) is 5.92 Å². The molecule has 172 valence electrons. The average molecular weight is 441 g/mol. The number of esters is 1. The molecule has 1 atom stereocenters. The molecule has 4 fully saturated rings. The number of piperidine rings is 1. The topological polar surface area (TPSA) is 76.2 Å². The lowest BCUT2D eigenvalue weighted by atomic mass is 9.75. The minimum absolute atomic E-state index is 0.0247. The summed E-state index contributed by atoms with van der Waals surface area (Å²) in [5.74, 6) is -0.522. The Morgan fingerprint density at radius 2 is 1.72 bits per heavy atom. The van der Waals surface area contributed by atoms with Crippen molar-refractivity contribution in [3.8, 4) is 0 Å². The molecule has 0 aromatic heterocycles. The van der Waals surface area contributed by atoms with Gasteiger partial charge < -0.3 is 9.64 Å². The van der Waals surface area contributed by atoms with E-state index >= 15 is 0 Å². The van der Waals surface area contributed by atoms with Crippen molar-refractivity contribution in [1.29, 1.82) is 0 Å². The molecule has 1 aromatic rings. The predicted octanol–water partition coefficient (Wildman–Crippen LogP) is 3.37. The molecule has 1 saturated carbocycles. The molecule has 7 nitrogen and oxygen atoms in total. The third-order valence-electron chi connectivity index (χ3n) is 7.99. The van der Waals surface area contributed by atoms with Gasteiger partial charge in [0.1, 0.15) is 12.2 Å². The SMILES string of the molecule is O=C1CC(C(=O)N2CCC3(CCC(=O)N3OCc3ccccc3)CC2)C2(CCCCC2)O1. The van der Waals surface area contributed by atoms with Crippen molar-refractivity contribution in [2.75, 3.05) is 13.1 Å².